The molecule has 0 radical (unpaired) electrons. The van der Waals surface area contributed by atoms with Gasteiger partial charge in [-0.15, -0.1) is 0 Å². The lowest BCUT2D eigenvalue weighted by Crippen LogP contribution is -2.10. The van der Waals surface area contributed by atoms with Crippen molar-refractivity contribution in [1.29, 1.82) is 0 Å². The topological polar surface area (TPSA) is 15.8 Å². The predicted octanol–water partition coefficient (Wildman–Crippen LogP) is 7.44. The fraction of sp³-hybridized carbons (Fsp3) is 0.636. The highest BCUT2D eigenvalue weighted by Crippen LogP contribution is 2.39. The zero-order valence-electron chi connectivity index (χ0n) is 15.5. The number of rotatable bonds is 7. The number of aromatic nitrogens is 1. The fourth-order valence-electron chi connectivity index (χ4n) is 4.32. The molecule has 2 aromatic rings. The summed E-state index contributed by atoms with van der Waals surface area (Å²) in [5.74, 6) is 2.48. The minimum absolute atomic E-state index is 0.756. The van der Waals surface area contributed by atoms with Gasteiger partial charge in [0.05, 0.1) is 0 Å². The van der Waals surface area contributed by atoms with E-state index in [1.807, 2.05) is 0 Å². The molecule has 1 aliphatic carbocycles. The average molecular weight is 437 g/mol. The van der Waals surface area contributed by atoms with E-state index in [4.69, 9.17) is 0 Å². The van der Waals surface area contributed by atoms with Crippen LogP contribution >= 0.6 is 22.6 Å². The zero-order valence-corrected chi connectivity index (χ0v) is 17.7. The van der Waals surface area contributed by atoms with Crippen LogP contribution in [0, 0.1) is 15.4 Å². The van der Waals surface area contributed by atoms with Crippen molar-refractivity contribution in [3.63, 3.8) is 0 Å². The Bertz CT molecular complexity index is 670. The van der Waals surface area contributed by atoms with Gasteiger partial charge in [-0.05, 0) is 89.8 Å². The number of halogens is 1. The van der Waals surface area contributed by atoms with Crippen molar-refractivity contribution < 1.29 is 0 Å². The lowest BCUT2D eigenvalue weighted by molar-refractivity contribution is 0.394. The van der Waals surface area contributed by atoms with Gasteiger partial charge in [0.15, 0.2) is 0 Å². The van der Waals surface area contributed by atoms with Gasteiger partial charge < -0.3 is 4.98 Å². The van der Waals surface area contributed by atoms with Crippen LogP contribution in [0.4, 0.5) is 0 Å². The highest BCUT2D eigenvalue weighted by atomic mass is 127. The summed E-state index contributed by atoms with van der Waals surface area (Å²) >= 11 is 2.43. The van der Waals surface area contributed by atoms with E-state index in [2.05, 4.69) is 66.5 Å². The Morgan fingerprint density at radius 2 is 2.00 bits per heavy atom. The smallest absolute Gasteiger partial charge is 0.0459 e. The second-order valence-corrected chi connectivity index (χ2v) is 9.55. The third-order valence-corrected chi connectivity index (χ3v) is 6.45. The first-order chi connectivity index (χ1) is 11.5. The van der Waals surface area contributed by atoms with E-state index in [0.29, 0.717) is 0 Å². The molecule has 1 nitrogen and oxygen atoms in total. The summed E-state index contributed by atoms with van der Waals surface area (Å²) in [5.41, 5.74) is 4.53. The number of H-pyrrole nitrogens is 1. The van der Waals surface area contributed by atoms with Gasteiger partial charge in [-0.2, -0.15) is 0 Å². The molecule has 3 rings (SSSR count). The summed E-state index contributed by atoms with van der Waals surface area (Å²) < 4.78 is 1.35. The van der Waals surface area contributed by atoms with Crippen LogP contribution in [0.3, 0.4) is 0 Å². The molecule has 2 heteroatoms. The van der Waals surface area contributed by atoms with Gasteiger partial charge in [-0.3, -0.25) is 0 Å². The maximum absolute atomic E-state index is 3.77. The van der Waals surface area contributed by atoms with Crippen LogP contribution in [0.2, 0.25) is 0 Å². The van der Waals surface area contributed by atoms with Crippen LogP contribution in [0.5, 0.6) is 0 Å². The van der Waals surface area contributed by atoms with Crippen LogP contribution < -0.4 is 0 Å². The number of fused-ring (bicyclic) bond motifs is 3. The van der Waals surface area contributed by atoms with Crippen molar-refractivity contribution in [1.82, 2.24) is 4.98 Å². The Labute approximate surface area is 161 Å². The SMILES string of the molecule is CC(C)CCCC(C)CCC1CCCc2c1[nH]c1ccc(I)cc21. The first-order valence-electron chi connectivity index (χ1n) is 9.84. The fourth-order valence-corrected chi connectivity index (χ4v) is 4.81. The monoisotopic (exact) mass is 437 g/mol. The summed E-state index contributed by atoms with van der Waals surface area (Å²) in [5, 5.41) is 1.48. The summed E-state index contributed by atoms with van der Waals surface area (Å²) in [6, 6.07) is 6.85. The molecule has 2 unspecified atom stereocenters. The Balaban J connectivity index is 1.63. The van der Waals surface area contributed by atoms with Crippen molar-refractivity contribution >= 4 is 33.5 Å². The Kier molecular flexibility index (Phi) is 6.28. The van der Waals surface area contributed by atoms with Crippen LogP contribution in [0.1, 0.15) is 82.9 Å². The zero-order chi connectivity index (χ0) is 17.1. The number of aromatic amines is 1. The molecule has 1 heterocycles. The molecule has 0 fully saturated rings. The largest absolute Gasteiger partial charge is 0.358 e. The summed E-state index contributed by atoms with van der Waals surface area (Å²) in [4.78, 5) is 3.77. The first kappa shape index (κ1) is 18.3. The van der Waals surface area contributed by atoms with Crippen LogP contribution in [0.15, 0.2) is 18.2 Å². The Hall–Kier alpha value is -0.510. The average Bonchev–Trinajstić information content (AvgIpc) is 2.91. The lowest BCUT2D eigenvalue weighted by atomic mass is 9.82. The van der Waals surface area contributed by atoms with Gasteiger partial charge in [0.1, 0.15) is 0 Å². The third-order valence-electron chi connectivity index (χ3n) is 5.78. The van der Waals surface area contributed by atoms with E-state index in [9.17, 15) is 0 Å². The molecule has 132 valence electrons. The molecule has 0 saturated heterocycles. The van der Waals surface area contributed by atoms with E-state index in [1.54, 1.807) is 11.3 Å². The molecule has 0 aliphatic heterocycles. The van der Waals surface area contributed by atoms with Gasteiger partial charge in [0.2, 0.25) is 0 Å². The lowest BCUT2D eigenvalue weighted by Gasteiger charge is -2.24. The van der Waals surface area contributed by atoms with Crippen molar-refractivity contribution in [3.05, 3.63) is 33.0 Å². The van der Waals surface area contributed by atoms with Crippen molar-refractivity contribution in [2.45, 2.75) is 78.1 Å². The number of hydrogen-bond acceptors (Lipinski definition) is 0. The molecule has 0 spiro atoms. The first-order valence-corrected chi connectivity index (χ1v) is 10.9. The second kappa shape index (κ2) is 8.25. The molecule has 24 heavy (non-hydrogen) atoms. The second-order valence-electron chi connectivity index (χ2n) is 8.30. The maximum Gasteiger partial charge on any atom is 0.0459 e. The maximum atomic E-state index is 3.77. The van der Waals surface area contributed by atoms with E-state index in [1.165, 1.54) is 65.8 Å². The number of hydrogen-bond donors (Lipinski definition) is 1. The molecule has 0 amide bonds. The molecular weight excluding hydrogens is 405 g/mol. The van der Waals surface area contributed by atoms with Crippen LogP contribution in [-0.4, -0.2) is 4.98 Å². The normalized spacial score (nSPS) is 19.0. The van der Waals surface area contributed by atoms with Gasteiger partial charge in [0, 0.05) is 20.2 Å². The molecule has 1 N–H and O–H groups in total. The van der Waals surface area contributed by atoms with E-state index >= 15 is 0 Å². The minimum atomic E-state index is 0.756. The Morgan fingerprint density at radius 3 is 2.79 bits per heavy atom. The summed E-state index contributed by atoms with van der Waals surface area (Å²) in [6.07, 6.45) is 10.9. The molecular formula is C22H32IN. The standard InChI is InChI=1S/C22H32IN/c1-15(2)6-4-7-16(3)10-11-17-8-5-9-19-20-14-18(23)12-13-21(20)24-22(17)19/h12-17,24H,4-11H2,1-3H3. The van der Waals surface area contributed by atoms with Crippen molar-refractivity contribution in [2.75, 3.05) is 0 Å². The Morgan fingerprint density at radius 1 is 1.17 bits per heavy atom. The van der Waals surface area contributed by atoms with Crippen molar-refractivity contribution in [2.24, 2.45) is 11.8 Å². The highest BCUT2D eigenvalue weighted by molar-refractivity contribution is 14.1. The van der Waals surface area contributed by atoms with Gasteiger partial charge in [-0.1, -0.05) is 46.5 Å². The molecule has 1 aromatic carbocycles. The van der Waals surface area contributed by atoms with Gasteiger partial charge in [0.25, 0.3) is 0 Å². The summed E-state index contributed by atoms with van der Waals surface area (Å²) in [7, 11) is 0. The number of aryl methyl sites for hydroxylation is 1. The van der Waals surface area contributed by atoms with Crippen molar-refractivity contribution in [3.8, 4) is 0 Å². The van der Waals surface area contributed by atoms with E-state index in [0.717, 1.165) is 17.8 Å². The van der Waals surface area contributed by atoms with E-state index in [-0.39, 0.29) is 0 Å². The molecule has 0 bridgehead atoms. The third kappa shape index (κ3) is 4.36. The van der Waals surface area contributed by atoms with Gasteiger partial charge in [-0.25, -0.2) is 0 Å². The highest BCUT2D eigenvalue weighted by Gasteiger charge is 2.24. The van der Waals surface area contributed by atoms with Gasteiger partial charge >= 0.3 is 0 Å². The van der Waals surface area contributed by atoms with Crippen LogP contribution in [-0.2, 0) is 6.42 Å². The predicted molar refractivity (Wildman–Crippen MR) is 114 cm³/mol. The van der Waals surface area contributed by atoms with E-state index < -0.39 is 0 Å². The summed E-state index contributed by atoms with van der Waals surface area (Å²) in [6.45, 7) is 7.13. The number of benzene rings is 1. The molecule has 0 saturated carbocycles. The molecule has 1 aromatic heterocycles. The van der Waals surface area contributed by atoms with Crippen LogP contribution in [0.25, 0.3) is 10.9 Å². The molecule has 1 aliphatic rings. The minimum Gasteiger partial charge on any atom is -0.358 e. The quantitative estimate of drug-likeness (QED) is 0.434. The number of nitrogens with one attached hydrogen (secondary N) is 1. The molecule has 2 atom stereocenters.